The van der Waals surface area contributed by atoms with E-state index in [4.69, 9.17) is 18.5 Å². The third-order valence-corrected chi connectivity index (χ3v) is 12.4. The number of allylic oxidation sites excluding steroid dienone is 8. The molecule has 16 nitrogen and oxygen atoms in total. The van der Waals surface area contributed by atoms with Gasteiger partial charge in [-0.1, -0.05) is 140 Å². The number of ether oxygens (including phenoxy) is 2. The lowest BCUT2D eigenvalue weighted by Gasteiger charge is -2.43. The third kappa shape index (κ3) is 32.4. The van der Waals surface area contributed by atoms with Crippen LogP contribution in [-0.2, 0) is 41.8 Å². The zero-order valence-electron chi connectivity index (χ0n) is 39.2. The number of esters is 2. The molecule has 0 aromatic rings. The van der Waals surface area contributed by atoms with Crippen molar-refractivity contribution in [2.75, 3.05) is 13.2 Å². The van der Waals surface area contributed by atoms with Gasteiger partial charge in [0.2, 0.25) is 0 Å². The molecule has 0 aliphatic heterocycles. The van der Waals surface area contributed by atoms with Gasteiger partial charge in [0.15, 0.2) is 6.10 Å². The molecule has 1 rings (SSSR count). The molecular formula is C47H84O16P2. The average Bonchev–Trinajstić information content (AvgIpc) is 3.26. The Labute approximate surface area is 388 Å². The molecule has 1 fully saturated rings. The van der Waals surface area contributed by atoms with Crippen molar-refractivity contribution < 1.29 is 76.9 Å². The van der Waals surface area contributed by atoms with E-state index in [-0.39, 0.29) is 12.8 Å². The lowest BCUT2D eigenvalue weighted by atomic mass is 9.85. The van der Waals surface area contributed by atoms with E-state index in [1.807, 2.05) is 0 Å². The number of rotatable bonds is 40. The summed E-state index contributed by atoms with van der Waals surface area (Å²) in [5, 5.41) is 41.2. The predicted molar refractivity (Wildman–Crippen MR) is 250 cm³/mol. The fraction of sp³-hybridized carbons (Fsp3) is 0.787. The van der Waals surface area contributed by atoms with Crippen molar-refractivity contribution in [3.63, 3.8) is 0 Å². The van der Waals surface area contributed by atoms with Gasteiger partial charge in [0.25, 0.3) is 0 Å². The first-order valence-electron chi connectivity index (χ1n) is 24.2. The minimum absolute atomic E-state index is 0.0252. The number of hydrogen-bond acceptors (Lipinski definition) is 13. The van der Waals surface area contributed by atoms with Crippen molar-refractivity contribution in [2.24, 2.45) is 0 Å². The highest BCUT2D eigenvalue weighted by Crippen LogP contribution is 2.49. The quantitative estimate of drug-likeness (QED) is 0.0131. The number of phosphoric ester groups is 2. The molecule has 1 aliphatic rings. The van der Waals surface area contributed by atoms with Crippen LogP contribution >= 0.6 is 15.6 Å². The fourth-order valence-corrected chi connectivity index (χ4v) is 8.62. The number of aliphatic hydroxyl groups excluding tert-OH is 4. The highest BCUT2D eigenvalue weighted by atomic mass is 31.2. The standard InChI is InChI=1S/C47H84O16P2/c1-3-5-7-9-11-13-15-17-19-20-22-23-25-27-29-31-33-35-40(48)59-37-39(61-41(49)36-34-32-30-28-26-24-21-18-16-14-12-10-8-6-4-2)38-60-65(57,58)63-47-44(52)42(50)43(51)46(45(47)53)62-64(54,55)56/h11-14,17-19,21,39,42-47,50-53H,3-10,15-16,20,22-38H2,1-2H3,(H,57,58)(H2,54,55,56)/t39-,42?,43?,44?,45?,46-,47+/m1/s1. The first-order valence-corrected chi connectivity index (χ1v) is 27.2. The van der Waals surface area contributed by atoms with Crippen LogP contribution in [-0.4, -0.2) is 103 Å². The van der Waals surface area contributed by atoms with Crippen LogP contribution in [0.2, 0.25) is 0 Å². The summed E-state index contributed by atoms with van der Waals surface area (Å²) < 4.78 is 49.4. The number of phosphoric acid groups is 2. The van der Waals surface area contributed by atoms with Gasteiger partial charge in [0.1, 0.15) is 43.2 Å². The second-order valence-corrected chi connectivity index (χ2v) is 19.4. The Morgan fingerprint density at radius 2 is 0.892 bits per heavy atom. The summed E-state index contributed by atoms with van der Waals surface area (Å²) >= 11 is 0. The number of aliphatic hydroxyl groups is 4. The molecule has 1 aliphatic carbocycles. The van der Waals surface area contributed by atoms with Gasteiger partial charge in [-0.2, -0.15) is 0 Å². The molecule has 0 aromatic heterocycles. The molecular weight excluding hydrogens is 882 g/mol. The molecule has 7 N–H and O–H groups in total. The number of carbonyl (C=O) groups is 2. The van der Waals surface area contributed by atoms with Crippen LogP contribution in [0.5, 0.6) is 0 Å². The Morgan fingerprint density at radius 1 is 0.492 bits per heavy atom. The molecule has 378 valence electrons. The van der Waals surface area contributed by atoms with E-state index in [9.17, 15) is 53.8 Å². The SMILES string of the molecule is CCCCCC=CCC=CCCCCCCCCCC(=O)OC[C@H](COP(=O)(O)O[C@H]1C(O)C(O)C(O)[C@@H](OP(=O)(O)O)C1O)OC(=O)CCCCCCCC=CCC=CCCCCC. The first kappa shape index (κ1) is 61.0. The Morgan fingerprint density at radius 3 is 1.34 bits per heavy atom. The van der Waals surface area contributed by atoms with Gasteiger partial charge >= 0.3 is 27.6 Å². The van der Waals surface area contributed by atoms with Gasteiger partial charge in [-0.3, -0.25) is 23.2 Å². The molecule has 18 heteroatoms. The number of unbranched alkanes of at least 4 members (excludes halogenated alkanes) is 18. The Hall–Kier alpha value is -2.04. The summed E-state index contributed by atoms with van der Waals surface area (Å²) in [4.78, 5) is 54.3. The average molecular weight is 967 g/mol. The van der Waals surface area contributed by atoms with Crippen LogP contribution in [0, 0.1) is 0 Å². The summed E-state index contributed by atoms with van der Waals surface area (Å²) in [6.45, 7) is 3.04. The Bertz CT molecular complexity index is 1450. The number of carbonyl (C=O) groups excluding carboxylic acids is 2. The highest BCUT2D eigenvalue weighted by Gasteiger charge is 2.54. The normalized spacial score (nSPS) is 22.0. The lowest BCUT2D eigenvalue weighted by molar-refractivity contribution is -0.216. The van der Waals surface area contributed by atoms with Crippen LogP contribution in [0.3, 0.4) is 0 Å². The summed E-state index contributed by atoms with van der Waals surface area (Å²) in [7, 11) is -10.7. The maximum atomic E-state index is 13.0. The van der Waals surface area contributed by atoms with Crippen molar-refractivity contribution in [1.82, 2.24) is 0 Å². The van der Waals surface area contributed by atoms with E-state index in [0.717, 1.165) is 103 Å². The fourth-order valence-electron chi connectivity index (χ4n) is 7.09. The molecule has 0 heterocycles. The predicted octanol–water partition coefficient (Wildman–Crippen LogP) is 9.29. The molecule has 0 aromatic carbocycles. The smallest absolute Gasteiger partial charge is 0.462 e. The maximum Gasteiger partial charge on any atom is 0.472 e. The van der Waals surface area contributed by atoms with Crippen molar-refractivity contribution >= 4 is 27.6 Å². The minimum atomic E-state index is -5.37. The molecule has 1 saturated carbocycles. The molecule has 8 atom stereocenters. The van der Waals surface area contributed by atoms with Gasteiger partial charge in [-0.05, 0) is 77.0 Å². The zero-order chi connectivity index (χ0) is 48.2. The Balaban J connectivity index is 2.59. The second-order valence-electron chi connectivity index (χ2n) is 16.8. The van der Waals surface area contributed by atoms with Gasteiger partial charge < -0.3 is 44.6 Å². The molecule has 0 radical (unpaired) electrons. The maximum absolute atomic E-state index is 13.0. The van der Waals surface area contributed by atoms with Gasteiger partial charge in [0.05, 0.1) is 6.61 Å². The van der Waals surface area contributed by atoms with E-state index in [2.05, 4.69) is 67.0 Å². The highest BCUT2D eigenvalue weighted by molar-refractivity contribution is 7.47. The van der Waals surface area contributed by atoms with Crippen LogP contribution in [0.4, 0.5) is 0 Å². The molecule has 5 unspecified atom stereocenters. The molecule has 0 spiro atoms. The van der Waals surface area contributed by atoms with Crippen LogP contribution < -0.4 is 0 Å². The lowest BCUT2D eigenvalue weighted by Crippen LogP contribution is -2.64. The molecule has 65 heavy (non-hydrogen) atoms. The van der Waals surface area contributed by atoms with Crippen molar-refractivity contribution in [3.05, 3.63) is 48.6 Å². The van der Waals surface area contributed by atoms with Gasteiger partial charge in [-0.15, -0.1) is 0 Å². The van der Waals surface area contributed by atoms with E-state index < -0.39 is 83.5 Å². The van der Waals surface area contributed by atoms with Crippen molar-refractivity contribution in [2.45, 2.75) is 224 Å². The van der Waals surface area contributed by atoms with Crippen LogP contribution in [0.25, 0.3) is 0 Å². The van der Waals surface area contributed by atoms with Crippen LogP contribution in [0.15, 0.2) is 48.6 Å². The summed E-state index contributed by atoms with van der Waals surface area (Å²) in [6, 6.07) is 0. The molecule has 0 bridgehead atoms. The molecule has 0 saturated heterocycles. The zero-order valence-corrected chi connectivity index (χ0v) is 40.9. The number of hydrogen-bond donors (Lipinski definition) is 7. The third-order valence-electron chi connectivity index (χ3n) is 10.9. The van der Waals surface area contributed by atoms with E-state index >= 15 is 0 Å². The largest absolute Gasteiger partial charge is 0.472 e. The minimum Gasteiger partial charge on any atom is -0.462 e. The second kappa shape index (κ2) is 37.9. The van der Waals surface area contributed by atoms with Crippen molar-refractivity contribution in [3.8, 4) is 0 Å². The monoisotopic (exact) mass is 967 g/mol. The molecule has 0 amide bonds. The van der Waals surface area contributed by atoms with Crippen LogP contribution in [0.1, 0.15) is 181 Å². The summed E-state index contributed by atoms with van der Waals surface area (Å²) in [5.41, 5.74) is 0. The summed E-state index contributed by atoms with van der Waals surface area (Å²) in [5.74, 6) is -1.23. The Kier molecular flexibility index (Phi) is 35.5. The topological polar surface area (TPSA) is 256 Å². The first-order chi connectivity index (χ1) is 31.1. The van der Waals surface area contributed by atoms with E-state index in [1.54, 1.807) is 0 Å². The summed E-state index contributed by atoms with van der Waals surface area (Å²) in [6.07, 6.45) is 27.7. The van der Waals surface area contributed by atoms with Gasteiger partial charge in [-0.25, -0.2) is 9.13 Å². The van der Waals surface area contributed by atoms with E-state index in [1.165, 1.54) is 38.5 Å². The van der Waals surface area contributed by atoms with Gasteiger partial charge in [0, 0.05) is 12.8 Å². The van der Waals surface area contributed by atoms with E-state index in [0.29, 0.717) is 12.8 Å². The van der Waals surface area contributed by atoms with Crippen molar-refractivity contribution in [1.29, 1.82) is 0 Å².